The van der Waals surface area contributed by atoms with Gasteiger partial charge in [-0.25, -0.2) is 12.8 Å². The first kappa shape index (κ1) is 14.6. The Bertz CT molecular complexity index is 743. The maximum atomic E-state index is 13.2. The minimum absolute atomic E-state index is 0.0397. The number of nitrogens with two attached hydrogens (primary N) is 1. The molecule has 0 aliphatic heterocycles. The summed E-state index contributed by atoms with van der Waals surface area (Å²) in [6.45, 7) is 1.65. The van der Waals surface area contributed by atoms with Gasteiger partial charge < -0.3 is 5.73 Å². The van der Waals surface area contributed by atoms with Crippen molar-refractivity contribution in [3.05, 3.63) is 52.8 Å². The highest BCUT2D eigenvalue weighted by Gasteiger charge is 2.17. The fourth-order valence-electron chi connectivity index (χ4n) is 1.73. The summed E-state index contributed by atoms with van der Waals surface area (Å²) in [5.41, 5.74) is 6.51. The zero-order chi connectivity index (χ0) is 14.9. The molecule has 0 atom stereocenters. The molecule has 0 aliphatic carbocycles. The van der Waals surface area contributed by atoms with Crippen LogP contribution in [0.3, 0.4) is 0 Å². The number of benzene rings is 2. The van der Waals surface area contributed by atoms with E-state index >= 15 is 0 Å². The summed E-state index contributed by atoms with van der Waals surface area (Å²) in [5.74, 6) is -0.625. The Kier molecular flexibility index (Phi) is 3.87. The Hall–Kier alpha value is -1.79. The number of sulfonamides is 1. The standard InChI is InChI=1S/C13H12ClFN2O2S/c1-8-2-3-11(16)7-13(8)20(18,19)17-12-5-9(14)4-10(15)6-12/h2-7,17H,16H2,1H3. The number of nitrogen functional groups attached to an aromatic ring is 1. The third-order valence-electron chi connectivity index (χ3n) is 2.62. The molecule has 20 heavy (non-hydrogen) atoms. The van der Waals surface area contributed by atoms with Crippen LogP contribution in [0.4, 0.5) is 15.8 Å². The lowest BCUT2D eigenvalue weighted by atomic mass is 10.2. The lowest BCUT2D eigenvalue weighted by molar-refractivity contribution is 0.600. The molecule has 4 nitrogen and oxygen atoms in total. The highest BCUT2D eigenvalue weighted by molar-refractivity contribution is 7.92. The molecule has 2 rings (SSSR count). The molecule has 0 bridgehead atoms. The van der Waals surface area contributed by atoms with Crippen LogP contribution in [0.1, 0.15) is 5.56 Å². The Morgan fingerprint density at radius 2 is 1.90 bits per heavy atom. The fourth-order valence-corrected chi connectivity index (χ4v) is 3.27. The van der Waals surface area contributed by atoms with Gasteiger partial charge in [-0.05, 0) is 42.8 Å². The van der Waals surface area contributed by atoms with Gasteiger partial charge in [-0.1, -0.05) is 17.7 Å². The third kappa shape index (κ3) is 3.20. The molecule has 0 unspecified atom stereocenters. The van der Waals surface area contributed by atoms with Crippen LogP contribution >= 0.6 is 11.6 Å². The number of aryl methyl sites for hydroxylation is 1. The number of anilines is 2. The van der Waals surface area contributed by atoms with Crippen LogP contribution in [-0.4, -0.2) is 8.42 Å². The summed E-state index contributed by atoms with van der Waals surface area (Å²) < 4.78 is 40.0. The highest BCUT2D eigenvalue weighted by Crippen LogP contribution is 2.24. The van der Waals surface area contributed by atoms with Crippen molar-refractivity contribution < 1.29 is 12.8 Å². The van der Waals surface area contributed by atoms with Gasteiger partial charge in [0.05, 0.1) is 10.6 Å². The zero-order valence-electron chi connectivity index (χ0n) is 10.5. The van der Waals surface area contributed by atoms with Gasteiger partial charge in [0, 0.05) is 10.7 Å². The second kappa shape index (κ2) is 5.30. The molecule has 0 amide bonds. The van der Waals surface area contributed by atoms with Crippen LogP contribution in [0, 0.1) is 12.7 Å². The molecular formula is C13H12ClFN2O2S. The van der Waals surface area contributed by atoms with Crippen molar-refractivity contribution in [1.82, 2.24) is 0 Å². The third-order valence-corrected chi connectivity index (χ3v) is 4.36. The van der Waals surface area contributed by atoms with E-state index in [0.717, 1.165) is 12.1 Å². The van der Waals surface area contributed by atoms with Gasteiger partial charge in [0.25, 0.3) is 10.0 Å². The average molecular weight is 315 g/mol. The number of hydrogen-bond donors (Lipinski definition) is 2. The van der Waals surface area contributed by atoms with E-state index in [1.165, 1.54) is 12.1 Å². The SMILES string of the molecule is Cc1ccc(N)cc1S(=O)(=O)Nc1cc(F)cc(Cl)c1. The van der Waals surface area contributed by atoms with Gasteiger partial charge in [-0.15, -0.1) is 0 Å². The van der Waals surface area contributed by atoms with Crippen molar-refractivity contribution in [2.75, 3.05) is 10.5 Å². The number of rotatable bonds is 3. The van der Waals surface area contributed by atoms with Crippen LogP contribution in [0.5, 0.6) is 0 Å². The summed E-state index contributed by atoms with van der Waals surface area (Å²) in [7, 11) is -3.86. The molecule has 0 fully saturated rings. The van der Waals surface area contributed by atoms with Crippen molar-refractivity contribution in [2.24, 2.45) is 0 Å². The predicted octanol–water partition coefficient (Wildman–Crippen LogP) is 3.17. The summed E-state index contributed by atoms with van der Waals surface area (Å²) in [5, 5.41) is 0.104. The summed E-state index contributed by atoms with van der Waals surface area (Å²) >= 11 is 5.69. The van der Waals surface area contributed by atoms with Gasteiger partial charge in [0.15, 0.2) is 0 Å². The second-order valence-corrected chi connectivity index (χ2v) is 6.38. The van der Waals surface area contributed by atoms with Crippen molar-refractivity contribution in [3.8, 4) is 0 Å². The highest BCUT2D eigenvalue weighted by atomic mass is 35.5. The van der Waals surface area contributed by atoms with E-state index in [4.69, 9.17) is 17.3 Å². The van der Waals surface area contributed by atoms with E-state index in [-0.39, 0.29) is 15.6 Å². The number of nitrogens with one attached hydrogen (secondary N) is 1. The van der Waals surface area contributed by atoms with Crippen LogP contribution in [0.25, 0.3) is 0 Å². The van der Waals surface area contributed by atoms with E-state index in [2.05, 4.69) is 4.72 Å². The fraction of sp³-hybridized carbons (Fsp3) is 0.0769. The molecule has 0 saturated heterocycles. The summed E-state index contributed by atoms with van der Waals surface area (Å²) in [4.78, 5) is 0.0397. The van der Waals surface area contributed by atoms with Gasteiger partial charge in [0.1, 0.15) is 5.82 Å². The number of halogens is 2. The quantitative estimate of drug-likeness (QED) is 0.855. The Morgan fingerprint density at radius 3 is 2.55 bits per heavy atom. The van der Waals surface area contributed by atoms with E-state index in [9.17, 15) is 12.8 Å². The van der Waals surface area contributed by atoms with Gasteiger partial charge in [-0.2, -0.15) is 0 Å². The Morgan fingerprint density at radius 1 is 1.20 bits per heavy atom. The normalized spacial score (nSPS) is 11.3. The first-order chi connectivity index (χ1) is 9.28. The summed E-state index contributed by atoms with van der Waals surface area (Å²) in [6, 6.07) is 8.01. The monoisotopic (exact) mass is 314 g/mol. The second-order valence-electron chi connectivity index (χ2n) is 4.29. The molecule has 0 spiro atoms. The van der Waals surface area contributed by atoms with E-state index in [0.29, 0.717) is 11.3 Å². The molecular weight excluding hydrogens is 303 g/mol. The maximum Gasteiger partial charge on any atom is 0.262 e. The first-order valence-corrected chi connectivity index (χ1v) is 7.49. The minimum atomic E-state index is -3.86. The van der Waals surface area contributed by atoms with E-state index in [1.807, 2.05) is 0 Å². The lowest BCUT2D eigenvalue weighted by Gasteiger charge is -2.11. The molecule has 106 valence electrons. The molecule has 0 heterocycles. The van der Waals surface area contributed by atoms with E-state index in [1.54, 1.807) is 19.1 Å². The molecule has 2 aromatic carbocycles. The molecule has 0 radical (unpaired) electrons. The largest absolute Gasteiger partial charge is 0.399 e. The smallest absolute Gasteiger partial charge is 0.262 e. The average Bonchev–Trinajstić information content (AvgIpc) is 2.30. The van der Waals surface area contributed by atoms with Crippen molar-refractivity contribution in [2.45, 2.75) is 11.8 Å². The topological polar surface area (TPSA) is 72.2 Å². The van der Waals surface area contributed by atoms with Crippen LogP contribution in [-0.2, 0) is 10.0 Å². The van der Waals surface area contributed by atoms with Crippen LogP contribution in [0.15, 0.2) is 41.3 Å². The molecule has 7 heteroatoms. The van der Waals surface area contributed by atoms with Crippen LogP contribution in [0.2, 0.25) is 5.02 Å². The minimum Gasteiger partial charge on any atom is -0.399 e. The van der Waals surface area contributed by atoms with Crippen molar-refractivity contribution >= 4 is 33.0 Å². The molecule has 3 N–H and O–H groups in total. The molecule has 0 aromatic heterocycles. The summed E-state index contributed by atoms with van der Waals surface area (Å²) in [6.07, 6.45) is 0. The van der Waals surface area contributed by atoms with Gasteiger partial charge in [0.2, 0.25) is 0 Å². The maximum absolute atomic E-state index is 13.2. The van der Waals surface area contributed by atoms with Gasteiger partial charge in [-0.3, -0.25) is 4.72 Å². The first-order valence-electron chi connectivity index (χ1n) is 5.63. The lowest BCUT2D eigenvalue weighted by Crippen LogP contribution is -2.14. The zero-order valence-corrected chi connectivity index (χ0v) is 12.1. The predicted molar refractivity (Wildman–Crippen MR) is 77.8 cm³/mol. The molecule has 0 saturated carbocycles. The Labute approximate surface area is 121 Å². The van der Waals surface area contributed by atoms with Crippen molar-refractivity contribution in [3.63, 3.8) is 0 Å². The Balaban J connectivity index is 2.43. The molecule has 0 aliphatic rings. The van der Waals surface area contributed by atoms with Crippen LogP contribution < -0.4 is 10.5 Å². The van der Waals surface area contributed by atoms with Gasteiger partial charge >= 0.3 is 0 Å². The van der Waals surface area contributed by atoms with Crippen molar-refractivity contribution in [1.29, 1.82) is 0 Å². The molecule has 2 aromatic rings. The van der Waals surface area contributed by atoms with E-state index < -0.39 is 15.8 Å². The number of hydrogen-bond acceptors (Lipinski definition) is 3.